The summed E-state index contributed by atoms with van der Waals surface area (Å²) in [5.41, 5.74) is 6.49. The number of carbonyl (C=O) groups is 1. The van der Waals surface area contributed by atoms with Crippen molar-refractivity contribution in [2.75, 3.05) is 0 Å². The Kier molecular flexibility index (Phi) is 3.28. The van der Waals surface area contributed by atoms with Gasteiger partial charge in [-0.2, -0.15) is 0 Å². The molecular formula is C21H24O. The molecule has 0 spiro atoms. The van der Waals surface area contributed by atoms with Crippen molar-refractivity contribution in [2.24, 2.45) is 0 Å². The molecule has 0 bridgehead atoms. The molecule has 1 atom stereocenters. The summed E-state index contributed by atoms with van der Waals surface area (Å²) < 4.78 is 0. The molecule has 0 saturated carbocycles. The second-order valence-electron chi connectivity index (χ2n) is 7.58. The van der Waals surface area contributed by atoms with E-state index in [9.17, 15) is 4.79 Å². The number of fused-ring (bicyclic) bond motifs is 1. The summed E-state index contributed by atoms with van der Waals surface area (Å²) in [6, 6.07) is 15.0. The third kappa shape index (κ3) is 2.20. The maximum atomic E-state index is 11.5. The first-order valence-corrected chi connectivity index (χ1v) is 7.97. The SMILES string of the molecule is CC(=O)c1ccc(C2(C)CC(C)(C)c3cc(C)ccc32)cc1. The van der Waals surface area contributed by atoms with Crippen LogP contribution in [-0.2, 0) is 10.8 Å². The largest absolute Gasteiger partial charge is 0.295 e. The van der Waals surface area contributed by atoms with Gasteiger partial charge in [0.1, 0.15) is 0 Å². The average molecular weight is 292 g/mol. The minimum absolute atomic E-state index is 0.0157. The second-order valence-corrected chi connectivity index (χ2v) is 7.58. The Hall–Kier alpha value is -1.89. The summed E-state index contributed by atoms with van der Waals surface area (Å²) in [6.45, 7) is 10.8. The molecule has 0 saturated heterocycles. The van der Waals surface area contributed by atoms with Crippen molar-refractivity contribution in [3.05, 3.63) is 70.3 Å². The lowest BCUT2D eigenvalue weighted by Gasteiger charge is -2.28. The van der Waals surface area contributed by atoms with Crippen LogP contribution in [0.5, 0.6) is 0 Å². The second kappa shape index (κ2) is 4.81. The van der Waals surface area contributed by atoms with Gasteiger partial charge in [-0.3, -0.25) is 4.79 Å². The van der Waals surface area contributed by atoms with Crippen molar-refractivity contribution in [1.29, 1.82) is 0 Å². The summed E-state index contributed by atoms with van der Waals surface area (Å²) in [5, 5.41) is 0. The number of hydrogen-bond donors (Lipinski definition) is 0. The van der Waals surface area contributed by atoms with Crippen molar-refractivity contribution < 1.29 is 4.79 Å². The topological polar surface area (TPSA) is 17.1 Å². The van der Waals surface area contributed by atoms with Crippen molar-refractivity contribution in [2.45, 2.75) is 51.9 Å². The number of hydrogen-bond acceptors (Lipinski definition) is 1. The van der Waals surface area contributed by atoms with Crippen LogP contribution in [0.3, 0.4) is 0 Å². The van der Waals surface area contributed by atoms with Crippen LogP contribution < -0.4 is 0 Å². The van der Waals surface area contributed by atoms with Gasteiger partial charge in [-0.1, -0.05) is 68.8 Å². The molecule has 0 radical (unpaired) electrons. The molecule has 0 aromatic heterocycles. The van der Waals surface area contributed by atoms with Crippen LogP contribution in [0.4, 0.5) is 0 Å². The van der Waals surface area contributed by atoms with Gasteiger partial charge in [-0.05, 0) is 42.4 Å². The van der Waals surface area contributed by atoms with Gasteiger partial charge < -0.3 is 0 Å². The van der Waals surface area contributed by atoms with Crippen molar-refractivity contribution in [1.82, 2.24) is 0 Å². The summed E-state index contributed by atoms with van der Waals surface area (Å²) >= 11 is 0. The highest BCUT2D eigenvalue weighted by molar-refractivity contribution is 5.94. The summed E-state index contributed by atoms with van der Waals surface area (Å²) in [6.07, 6.45) is 1.10. The van der Waals surface area contributed by atoms with Crippen LogP contribution in [0, 0.1) is 6.92 Å². The standard InChI is InChI=1S/C21H24O/c1-14-6-11-18-19(12-14)20(3,4)13-21(18,5)17-9-7-16(8-10-17)15(2)22/h6-12H,13H2,1-5H3. The molecule has 0 aliphatic heterocycles. The van der Waals surface area contributed by atoms with Gasteiger partial charge in [0.25, 0.3) is 0 Å². The summed E-state index contributed by atoms with van der Waals surface area (Å²) in [4.78, 5) is 11.5. The van der Waals surface area contributed by atoms with Crippen molar-refractivity contribution >= 4 is 5.78 Å². The number of aryl methyl sites for hydroxylation is 1. The Morgan fingerprint density at radius 1 is 0.955 bits per heavy atom. The fraction of sp³-hybridized carbons (Fsp3) is 0.381. The average Bonchev–Trinajstić information content (AvgIpc) is 2.66. The number of carbonyl (C=O) groups excluding carboxylic acids is 1. The minimum Gasteiger partial charge on any atom is -0.295 e. The number of Topliss-reactive ketones (excluding diaryl/α,β-unsaturated/α-hetero) is 1. The molecule has 1 unspecified atom stereocenters. The van der Waals surface area contributed by atoms with E-state index in [1.165, 1.54) is 22.3 Å². The van der Waals surface area contributed by atoms with E-state index in [0.717, 1.165) is 12.0 Å². The lowest BCUT2D eigenvalue weighted by molar-refractivity contribution is 0.101. The molecule has 3 rings (SSSR count). The fourth-order valence-electron chi connectivity index (χ4n) is 4.10. The van der Waals surface area contributed by atoms with Crippen LogP contribution in [0.2, 0.25) is 0 Å². The number of ketones is 1. The van der Waals surface area contributed by atoms with E-state index in [-0.39, 0.29) is 16.6 Å². The molecule has 1 aliphatic carbocycles. The normalized spacial score (nSPS) is 22.4. The predicted octanol–water partition coefficient (Wildman–Crippen LogP) is 5.18. The van der Waals surface area contributed by atoms with E-state index in [1.54, 1.807) is 6.92 Å². The molecule has 1 heteroatoms. The molecule has 1 nitrogen and oxygen atoms in total. The first-order chi connectivity index (χ1) is 10.2. The Morgan fingerprint density at radius 3 is 2.18 bits per heavy atom. The quantitative estimate of drug-likeness (QED) is 0.697. The van der Waals surface area contributed by atoms with Crippen LogP contribution in [-0.4, -0.2) is 5.78 Å². The molecular weight excluding hydrogens is 268 g/mol. The first-order valence-electron chi connectivity index (χ1n) is 7.97. The Labute approximate surface area is 133 Å². The zero-order chi connectivity index (χ0) is 16.1. The van der Waals surface area contributed by atoms with Crippen LogP contribution in [0.25, 0.3) is 0 Å². The van der Waals surface area contributed by atoms with E-state index < -0.39 is 0 Å². The summed E-state index contributed by atoms with van der Waals surface area (Å²) in [7, 11) is 0. The van der Waals surface area contributed by atoms with E-state index in [0.29, 0.717) is 0 Å². The maximum Gasteiger partial charge on any atom is 0.159 e. The van der Waals surface area contributed by atoms with Gasteiger partial charge in [-0.15, -0.1) is 0 Å². The molecule has 114 valence electrons. The van der Waals surface area contributed by atoms with Gasteiger partial charge in [0.15, 0.2) is 5.78 Å². The maximum absolute atomic E-state index is 11.5. The van der Waals surface area contributed by atoms with Gasteiger partial charge >= 0.3 is 0 Å². The Morgan fingerprint density at radius 2 is 1.59 bits per heavy atom. The Bertz CT molecular complexity index is 737. The van der Waals surface area contributed by atoms with Gasteiger partial charge in [0, 0.05) is 11.0 Å². The summed E-state index contributed by atoms with van der Waals surface area (Å²) in [5.74, 6) is 0.125. The lowest BCUT2D eigenvalue weighted by atomic mass is 9.75. The van der Waals surface area contributed by atoms with Gasteiger partial charge in [-0.25, -0.2) is 0 Å². The Balaban J connectivity index is 2.13. The highest BCUT2D eigenvalue weighted by Gasteiger charge is 2.45. The number of benzene rings is 2. The van der Waals surface area contributed by atoms with E-state index >= 15 is 0 Å². The first kappa shape index (κ1) is 15.0. The zero-order valence-corrected chi connectivity index (χ0v) is 14.2. The molecule has 0 amide bonds. The van der Waals surface area contributed by atoms with Crippen molar-refractivity contribution in [3.8, 4) is 0 Å². The van der Waals surface area contributed by atoms with E-state index in [2.05, 4.69) is 58.0 Å². The predicted molar refractivity (Wildman–Crippen MR) is 91.7 cm³/mol. The molecule has 2 aromatic rings. The van der Waals surface area contributed by atoms with E-state index in [1.807, 2.05) is 12.1 Å². The smallest absolute Gasteiger partial charge is 0.159 e. The van der Waals surface area contributed by atoms with Gasteiger partial charge in [0.05, 0.1) is 0 Å². The molecule has 0 heterocycles. The third-order valence-electron chi connectivity index (χ3n) is 5.22. The highest BCUT2D eigenvalue weighted by atomic mass is 16.1. The van der Waals surface area contributed by atoms with E-state index in [4.69, 9.17) is 0 Å². The third-order valence-corrected chi connectivity index (χ3v) is 5.22. The molecule has 0 fully saturated rings. The minimum atomic E-state index is 0.0157. The zero-order valence-electron chi connectivity index (χ0n) is 14.2. The van der Waals surface area contributed by atoms with Gasteiger partial charge in [0.2, 0.25) is 0 Å². The lowest BCUT2D eigenvalue weighted by Crippen LogP contribution is -2.23. The fourth-order valence-corrected chi connectivity index (χ4v) is 4.10. The number of rotatable bonds is 2. The molecule has 2 aromatic carbocycles. The van der Waals surface area contributed by atoms with Crippen LogP contribution >= 0.6 is 0 Å². The van der Waals surface area contributed by atoms with Crippen LogP contribution in [0.15, 0.2) is 42.5 Å². The monoisotopic (exact) mass is 292 g/mol. The molecule has 0 N–H and O–H groups in total. The van der Waals surface area contributed by atoms with Crippen LogP contribution in [0.1, 0.15) is 66.7 Å². The molecule has 1 aliphatic rings. The van der Waals surface area contributed by atoms with Crippen molar-refractivity contribution in [3.63, 3.8) is 0 Å². The highest BCUT2D eigenvalue weighted by Crippen LogP contribution is 2.52. The molecule has 22 heavy (non-hydrogen) atoms.